The predicted octanol–water partition coefficient (Wildman–Crippen LogP) is 4.50. The summed E-state index contributed by atoms with van der Waals surface area (Å²) in [5.74, 6) is -0.973. The number of carbonyl (C=O) groups is 3. The van der Waals surface area contributed by atoms with Crippen LogP contribution in [0.4, 0.5) is 5.69 Å². The normalized spacial score (nSPS) is 10.2. The first-order valence-corrected chi connectivity index (χ1v) is 10.6. The summed E-state index contributed by atoms with van der Waals surface area (Å²) in [6.07, 6.45) is 0. The first kappa shape index (κ1) is 23.3. The Bertz CT molecular complexity index is 1150. The number of rotatable bonds is 6. The molecule has 7 nitrogen and oxygen atoms in total. The van der Waals surface area contributed by atoms with Gasteiger partial charge in [-0.05, 0) is 61.5 Å². The zero-order valence-electron chi connectivity index (χ0n) is 16.9. The number of halogens is 2. The third-order valence-electron chi connectivity index (χ3n) is 4.25. The lowest BCUT2D eigenvalue weighted by molar-refractivity contribution is -0.123. The average Bonchev–Trinajstić information content (AvgIpc) is 2.77. The fraction of sp³-hybridized carbons (Fsp3) is 0.0870. The highest BCUT2D eigenvalue weighted by molar-refractivity contribution is 9.10. The van der Waals surface area contributed by atoms with Gasteiger partial charge in [-0.25, -0.2) is 0 Å². The Hall–Kier alpha value is -3.36. The van der Waals surface area contributed by atoms with Crippen LogP contribution in [0.5, 0.6) is 5.75 Å². The van der Waals surface area contributed by atoms with Crippen molar-refractivity contribution in [2.45, 2.75) is 6.92 Å². The molecule has 0 aliphatic carbocycles. The van der Waals surface area contributed by atoms with E-state index in [1.807, 2.05) is 19.1 Å². The van der Waals surface area contributed by atoms with Crippen LogP contribution in [0.15, 0.2) is 71.2 Å². The van der Waals surface area contributed by atoms with Gasteiger partial charge in [0.15, 0.2) is 6.61 Å². The summed E-state index contributed by atoms with van der Waals surface area (Å²) in [4.78, 5) is 36.4. The Kier molecular flexibility index (Phi) is 7.86. The third kappa shape index (κ3) is 6.57. The summed E-state index contributed by atoms with van der Waals surface area (Å²) in [5, 5.41) is 3.12. The maximum absolute atomic E-state index is 12.3. The van der Waals surface area contributed by atoms with Crippen molar-refractivity contribution in [2.75, 3.05) is 11.9 Å². The Morgan fingerprint density at radius 3 is 2.34 bits per heavy atom. The maximum atomic E-state index is 12.3. The molecule has 0 saturated heterocycles. The molecule has 0 saturated carbocycles. The molecule has 0 aromatic heterocycles. The van der Waals surface area contributed by atoms with Crippen LogP contribution in [0.3, 0.4) is 0 Å². The van der Waals surface area contributed by atoms with E-state index in [-0.39, 0.29) is 12.5 Å². The summed E-state index contributed by atoms with van der Waals surface area (Å²) in [6.45, 7) is 1.58. The van der Waals surface area contributed by atoms with Crippen LogP contribution in [0.25, 0.3) is 0 Å². The predicted molar refractivity (Wildman–Crippen MR) is 126 cm³/mol. The van der Waals surface area contributed by atoms with E-state index in [1.54, 1.807) is 42.5 Å². The topological polar surface area (TPSA) is 96.5 Å². The molecule has 3 N–H and O–H groups in total. The number of amides is 3. The van der Waals surface area contributed by atoms with Crippen molar-refractivity contribution in [1.29, 1.82) is 0 Å². The first-order valence-electron chi connectivity index (χ1n) is 9.47. The largest absolute Gasteiger partial charge is 0.482 e. The van der Waals surface area contributed by atoms with Crippen LogP contribution >= 0.6 is 27.5 Å². The fourth-order valence-electron chi connectivity index (χ4n) is 2.66. The molecule has 0 aliphatic heterocycles. The second kappa shape index (κ2) is 10.8. The van der Waals surface area contributed by atoms with E-state index < -0.39 is 11.8 Å². The van der Waals surface area contributed by atoms with Crippen molar-refractivity contribution in [1.82, 2.24) is 10.9 Å². The molecule has 0 aliphatic rings. The Morgan fingerprint density at radius 2 is 1.66 bits per heavy atom. The third-order valence-corrected chi connectivity index (χ3v) is 5.04. The van der Waals surface area contributed by atoms with Gasteiger partial charge in [0.05, 0.1) is 5.02 Å². The molecule has 0 bridgehead atoms. The van der Waals surface area contributed by atoms with Crippen LogP contribution < -0.4 is 20.9 Å². The number of benzene rings is 3. The van der Waals surface area contributed by atoms with E-state index in [4.69, 9.17) is 16.3 Å². The Labute approximate surface area is 198 Å². The van der Waals surface area contributed by atoms with Gasteiger partial charge in [-0.15, -0.1) is 0 Å². The molecule has 0 unspecified atom stereocenters. The smallest absolute Gasteiger partial charge is 0.276 e. The van der Waals surface area contributed by atoms with Crippen LogP contribution in [0, 0.1) is 6.92 Å². The summed E-state index contributed by atoms with van der Waals surface area (Å²) < 4.78 is 6.12. The second-order valence-electron chi connectivity index (χ2n) is 6.77. The SMILES string of the molecule is Cc1cccc(C(=O)Nc2ccc(C(=O)NNC(=O)COc3ccc(Br)cc3Cl)cc2)c1. The van der Waals surface area contributed by atoms with Gasteiger partial charge in [0.2, 0.25) is 0 Å². The molecule has 3 amide bonds. The zero-order chi connectivity index (χ0) is 23.1. The number of nitrogens with one attached hydrogen (secondary N) is 3. The monoisotopic (exact) mass is 515 g/mol. The van der Waals surface area contributed by atoms with Gasteiger partial charge in [-0.2, -0.15) is 0 Å². The van der Waals surface area contributed by atoms with E-state index in [0.29, 0.717) is 27.6 Å². The number of hydrogen-bond acceptors (Lipinski definition) is 4. The van der Waals surface area contributed by atoms with Crippen molar-refractivity contribution in [3.8, 4) is 5.75 Å². The number of anilines is 1. The standard InChI is InChI=1S/C23H19BrClN3O4/c1-14-3-2-4-16(11-14)22(30)26-18-8-5-15(6-9-18)23(31)28-27-21(29)13-32-20-10-7-17(24)12-19(20)25/h2-12H,13H2,1H3,(H,26,30)(H,27,29)(H,28,31). The number of aryl methyl sites for hydroxylation is 1. The fourth-order valence-corrected chi connectivity index (χ4v) is 3.39. The maximum Gasteiger partial charge on any atom is 0.276 e. The van der Waals surface area contributed by atoms with Crippen molar-refractivity contribution >= 4 is 50.9 Å². The molecule has 0 heterocycles. The second-order valence-corrected chi connectivity index (χ2v) is 8.09. The number of hydrogen-bond donors (Lipinski definition) is 3. The van der Waals surface area contributed by atoms with E-state index >= 15 is 0 Å². The Morgan fingerprint density at radius 1 is 0.906 bits per heavy atom. The minimum Gasteiger partial charge on any atom is -0.482 e. The highest BCUT2D eigenvalue weighted by atomic mass is 79.9. The molecule has 3 aromatic carbocycles. The number of ether oxygens (including phenoxy) is 1. The highest BCUT2D eigenvalue weighted by Gasteiger charge is 2.11. The summed E-state index contributed by atoms with van der Waals surface area (Å²) in [6, 6.07) is 18.5. The van der Waals surface area contributed by atoms with Crippen molar-refractivity contribution in [3.63, 3.8) is 0 Å². The molecule has 0 radical (unpaired) electrons. The summed E-state index contributed by atoms with van der Waals surface area (Å²) >= 11 is 9.30. The molecule has 0 fully saturated rings. The van der Waals surface area contributed by atoms with Crippen LogP contribution in [-0.2, 0) is 4.79 Å². The molecule has 164 valence electrons. The quantitative estimate of drug-likeness (QED) is 0.420. The average molecular weight is 517 g/mol. The van der Waals surface area contributed by atoms with Crippen LogP contribution in [-0.4, -0.2) is 24.3 Å². The molecule has 3 rings (SSSR count). The molecule has 3 aromatic rings. The van der Waals surface area contributed by atoms with E-state index in [1.165, 1.54) is 12.1 Å². The lowest BCUT2D eigenvalue weighted by Crippen LogP contribution is -2.43. The molecule has 0 spiro atoms. The van der Waals surface area contributed by atoms with Gasteiger partial charge in [0.25, 0.3) is 17.7 Å². The van der Waals surface area contributed by atoms with E-state index in [9.17, 15) is 14.4 Å². The minimum absolute atomic E-state index is 0.246. The Balaban J connectivity index is 1.47. The summed E-state index contributed by atoms with van der Waals surface area (Å²) in [5.41, 5.74) is 6.94. The van der Waals surface area contributed by atoms with E-state index in [2.05, 4.69) is 32.1 Å². The van der Waals surface area contributed by atoms with Gasteiger partial charge >= 0.3 is 0 Å². The number of hydrazine groups is 1. The summed E-state index contributed by atoms with van der Waals surface area (Å²) in [7, 11) is 0. The van der Waals surface area contributed by atoms with Crippen molar-refractivity contribution in [2.24, 2.45) is 0 Å². The molecule has 0 atom stereocenters. The lowest BCUT2D eigenvalue weighted by Gasteiger charge is -2.10. The van der Waals surface area contributed by atoms with Gasteiger partial charge in [-0.3, -0.25) is 25.2 Å². The lowest BCUT2D eigenvalue weighted by atomic mass is 10.1. The van der Waals surface area contributed by atoms with Gasteiger partial charge < -0.3 is 10.1 Å². The van der Waals surface area contributed by atoms with Crippen molar-refractivity contribution < 1.29 is 19.1 Å². The van der Waals surface area contributed by atoms with Crippen molar-refractivity contribution in [3.05, 3.63) is 92.9 Å². The van der Waals surface area contributed by atoms with E-state index in [0.717, 1.165) is 10.0 Å². The minimum atomic E-state index is -0.556. The highest BCUT2D eigenvalue weighted by Crippen LogP contribution is 2.27. The first-order chi connectivity index (χ1) is 15.3. The van der Waals surface area contributed by atoms with Gasteiger partial charge in [-0.1, -0.05) is 45.2 Å². The molecular formula is C23H19BrClN3O4. The van der Waals surface area contributed by atoms with Gasteiger partial charge in [0, 0.05) is 21.3 Å². The molecule has 9 heteroatoms. The number of carbonyl (C=O) groups excluding carboxylic acids is 3. The molecule has 32 heavy (non-hydrogen) atoms. The van der Waals surface area contributed by atoms with Crippen LogP contribution in [0.2, 0.25) is 5.02 Å². The van der Waals surface area contributed by atoms with Gasteiger partial charge in [0.1, 0.15) is 5.75 Å². The zero-order valence-corrected chi connectivity index (χ0v) is 19.3. The van der Waals surface area contributed by atoms with Crippen LogP contribution in [0.1, 0.15) is 26.3 Å². The molecular weight excluding hydrogens is 498 g/mol.